The van der Waals surface area contributed by atoms with E-state index in [1.165, 1.54) is 11.0 Å². The van der Waals surface area contributed by atoms with Crippen LogP contribution in [0.25, 0.3) is 0 Å². The Morgan fingerprint density at radius 2 is 1.86 bits per heavy atom. The van der Waals surface area contributed by atoms with E-state index in [2.05, 4.69) is 5.10 Å². The number of carbonyl (C=O) groups is 1. The van der Waals surface area contributed by atoms with E-state index in [-0.39, 0.29) is 5.91 Å². The van der Waals surface area contributed by atoms with Gasteiger partial charge >= 0.3 is 0 Å². The SMILES string of the molecule is Cc1cc(C)n(Cc2ccc(C(=O)N3CCCc4c(F)cc(F)cc43)cc2)n1. The molecule has 0 atom stereocenters. The monoisotopic (exact) mass is 381 g/mol. The van der Waals surface area contributed by atoms with Crippen LogP contribution in [0.15, 0.2) is 42.5 Å². The number of aryl methyl sites for hydroxylation is 2. The molecule has 1 aliphatic heterocycles. The highest BCUT2D eigenvalue weighted by Gasteiger charge is 2.26. The van der Waals surface area contributed by atoms with Crippen LogP contribution < -0.4 is 4.90 Å². The Morgan fingerprint density at radius 3 is 2.54 bits per heavy atom. The molecule has 0 aliphatic carbocycles. The topological polar surface area (TPSA) is 38.1 Å². The van der Waals surface area contributed by atoms with Crippen molar-refractivity contribution in [3.05, 3.63) is 82.2 Å². The fraction of sp³-hybridized carbons (Fsp3) is 0.273. The zero-order valence-electron chi connectivity index (χ0n) is 15.9. The zero-order chi connectivity index (χ0) is 19.8. The fourth-order valence-corrected chi connectivity index (χ4v) is 3.74. The van der Waals surface area contributed by atoms with Crippen LogP contribution in [0.3, 0.4) is 0 Å². The molecular formula is C22H21F2N3O. The normalized spacial score (nSPS) is 13.5. The molecule has 3 aromatic rings. The summed E-state index contributed by atoms with van der Waals surface area (Å²) >= 11 is 0. The second-order valence-corrected chi connectivity index (χ2v) is 7.23. The van der Waals surface area contributed by atoms with Crippen molar-refractivity contribution in [2.24, 2.45) is 0 Å². The predicted octanol–water partition coefficient (Wildman–Crippen LogP) is 4.42. The minimum atomic E-state index is -0.670. The summed E-state index contributed by atoms with van der Waals surface area (Å²) in [6.45, 7) is 5.02. The van der Waals surface area contributed by atoms with E-state index in [1.807, 2.05) is 36.7 Å². The van der Waals surface area contributed by atoms with Gasteiger partial charge in [0.1, 0.15) is 11.6 Å². The summed E-state index contributed by atoms with van der Waals surface area (Å²) < 4.78 is 29.7. The molecule has 0 saturated carbocycles. The number of rotatable bonds is 3. The van der Waals surface area contributed by atoms with Crippen LogP contribution in [0, 0.1) is 25.5 Å². The van der Waals surface area contributed by atoms with Gasteiger partial charge in [-0.1, -0.05) is 12.1 Å². The van der Waals surface area contributed by atoms with Crippen molar-refractivity contribution in [1.29, 1.82) is 0 Å². The maximum atomic E-state index is 14.1. The summed E-state index contributed by atoms with van der Waals surface area (Å²) in [5, 5.41) is 4.45. The standard InChI is InChI=1S/C22H21F2N3O/c1-14-10-15(2)27(25-14)13-16-5-7-17(8-6-16)22(28)26-9-3-4-19-20(24)11-18(23)12-21(19)26/h5-8,10-12H,3-4,9,13H2,1-2H3. The summed E-state index contributed by atoms with van der Waals surface area (Å²) in [4.78, 5) is 14.4. The van der Waals surface area contributed by atoms with Gasteiger partial charge in [0.15, 0.2) is 0 Å². The lowest BCUT2D eigenvalue weighted by Crippen LogP contribution is -2.36. The molecule has 1 aliphatic rings. The Balaban J connectivity index is 1.57. The number of fused-ring (bicyclic) bond motifs is 1. The number of hydrogen-bond acceptors (Lipinski definition) is 2. The molecule has 1 aromatic heterocycles. The number of amides is 1. The van der Waals surface area contributed by atoms with Gasteiger partial charge in [-0.15, -0.1) is 0 Å². The second kappa shape index (κ2) is 7.19. The third-order valence-electron chi connectivity index (χ3n) is 5.12. The summed E-state index contributed by atoms with van der Waals surface area (Å²) in [5.74, 6) is -1.51. The molecule has 1 amide bonds. The first-order valence-electron chi connectivity index (χ1n) is 9.32. The number of carbonyl (C=O) groups excluding carboxylic acids is 1. The molecule has 0 unspecified atom stereocenters. The van der Waals surface area contributed by atoms with Gasteiger partial charge in [-0.05, 0) is 56.5 Å². The second-order valence-electron chi connectivity index (χ2n) is 7.23. The van der Waals surface area contributed by atoms with Crippen LogP contribution in [0.4, 0.5) is 14.5 Å². The third-order valence-corrected chi connectivity index (χ3v) is 5.12. The lowest BCUT2D eigenvalue weighted by molar-refractivity contribution is 0.0985. The van der Waals surface area contributed by atoms with Gasteiger partial charge in [-0.2, -0.15) is 5.10 Å². The molecule has 0 N–H and O–H groups in total. The van der Waals surface area contributed by atoms with E-state index in [4.69, 9.17) is 0 Å². The van der Waals surface area contributed by atoms with E-state index >= 15 is 0 Å². The maximum absolute atomic E-state index is 14.1. The highest BCUT2D eigenvalue weighted by atomic mass is 19.1. The first-order chi connectivity index (χ1) is 13.4. The number of benzene rings is 2. The minimum absolute atomic E-state index is 0.247. The number of hydrogen-bond donors (Lipinski definition) is 0. The minimum Gasteiger partial charge on any atom is -0.308 e. The summed E-state index contributed by atoms with van der Waals surface area (Å²) in [6, 6.07) is 11.4. The molecule has 0 bridgehead atoms. The van der Waals surface area contributed by atoms with Crippen molar-refractivity contribution in [1.82, 2.24) is 9.78 Å². The molecular weight excluding hydrogens is 360 g/mol. The van der Waals surface area contributed by atoms with Crippen LogP contribution in [0.2, 0.25) is 0 Å². The molecule has 0 radical (unpaired) electrons. The Kier molecular flexibility index (Phi) is 4.71. The van der Waals surface area contributed by atoms with E-state index < -0.39 is 11.6 Å². The average Bonchev–Trinajstić information content (AvgIpc) is 2.98. The van der Waals surface area contributed by atoms with Gasteiger partial charge in [-0.25, -0.2) is 8.78 Å². The van der Waals surface area contributed by atoms with Gasteiger partial charge in [0.05, 0.1) is 17.9 Å². The quantitative estimate of drug-likeness (QED) is 0.674. The Bertz CT molecular complexity index is 1040. The maximum Gasteiger partial charge on any atom is 0.258 e. The largest absolute Gasteiger partial charge is 0.308 e. The van der Waals surface area contributed by atoms with Crippen molar-refractivity contribution in [2.75, 3.05) is 11.4 Å². The fourth-order valence-electron chi connectivity index (χ4n) is 3.74. The molecule has 4 nitrogen and oxygen atoms in total. The van der Waals surface area contributed by atoms with Gasteiger partial charge in [-0.3, -0.25) is 9.48 Å². The summed E-state index contributed by atoms with van der Waals surface area (Å²) in [5.41, 5.74) is 4.30. The van der Waals surface area contributed by atoms with Crippen molar-refractivity contribution < 1.29 is 13.6 Å². The third kappa shape index (κ3) is 3.42. The Morgan fingerprint density at radius 1 is 1.11 bits per heavy atom. The lowest BCUT2D eigenvalue weighted by Gasteiger charge is -2.30. The van der Waals surface area contributed by atoms with Crippen molar-refractivity contribution >= 4 is 11.6 Å². The Hall–Kier alpha value is -3.02. The smallest absolute Gasteiger partial charge is 0.258 e. The van der Waals surface area contributed by atoms with Crippen molar-refractivity contribution in [3.63, 3.8) is 0 Å². The summed E-state index contributed by atoms with van der Waals surface area (Å²) in [7, 11) is 0. The molecule has 0 saturated heterocycles. The van der Waals surface area contributed by atoms with Crippen LogP contribution in [-0.4, -0.2) is 22.2 Å². The highest BCUT2D eigenvalue weighted by molar-refractivity contribution is 6.06. The first-order valence-corrected chi connectivity index (χ1v) is 9.32. The molecule has 2 heterocycles. The van der Waals surface area contributed by atoms with E-state index in [1.54, 1.807) is 12.1 Å². The number of halogens is 2. The Labute approximate surface area is 162 Å². The molecule has 28 heavy (non-hydrogen) atoms. The number of anilines is 1. The molecule has 144 valence electrons. The van der Waals surface area contributed by atoms with E-state index in [0.717, 1.165) is 23.0 Å². The van der Waals surface area contributed by atoms with E-state index in [0.29, 0.717) is 42.7 Å². The van der Waals surface area contributed by atoms with Gasteiger partial charge in [0.2, 0.25) is 0 Å². The number of aromatic nitrogens is 2. The lowest BCUT2D eigenvalue weighted by atomic mass is 9.99. The van der Waals surface area contributed by atoms with Gasteiger partial charge in [0.25, 0.3) is 5.91 Å². The van der Waals surface area contributed by atoms with Crippen LogP contribution in [0.5, 0.6) is 0 Å². The van der Waals surface area contributed by atoms with E-state index in [9.17, 15) is 13.6 Å². The molecule has 0 fully saturated rings. The molecule has 6 heteroatoms. The van der Waals surface area contributed by atoms with Gasteiger partial charge < -0.3 is 4.90 Å². The number of nitrogens with zero attached hydrogens (tertiary/aromatic N) is 3. The first kappa shape index (κ1) is 18.3. The van der Waals surface area contributed by atoms with Crippen LogP contribution in [-0.2, 0) is 13.0 Å². The van der Waals surface area contributed by atoms with Crippen molar-refractivity contribution in [2.45, 2.75) is 33.2 Å². The van der Waals surface area contributed by atoms with Crippen LogP contribution in [0.1, 0.15) is 39.3 Å². The molecule has 0 spiro atoms. The predicted molar refractivity (Wildman–Crippen MR) is 104 cm³/mol. The molecule has 4 rings (SSSR count). The highest BCUT2D eigenvalue weighted by Crippen LogP contribution is 2.31. The van der Waals surface area contributed by atoms with Gasteiger partial charge in [0, 0.05) is 29.4 Å². The van der Waals surface area contributed by atoms with Crippen molar-refractivity contribution in [3.8, 4) is 0 Å². The average molecular weight is 381 g/mol. The summed E-state index contributed by atoms with van der Waals surface area (Å²) in [6.07, 6.45) is 1.16. The molecule has 2 aromatic carbocycles. The van der Waals surface area contributed by atoms with Crippen LogP contribution >= 0.6 is 0 Å². The zero-order valence-corrected chi connectivity index (χ0v) is 15.9.